The van der Waals surface area contributed by atoms with Crippen LogP contribution >= 0.6 is 0 Å². The molecule has 0 aliphatic carbocycles. The van der Waals surface area contributed by atoms with Gasteiger partial charge in [0.1, 0.15) is 0 Å². The Kier molecular flexibility index (Phi) is 1.90. The SMILES string of the molecule is Cc1ccc(CCN)[nH]1. The third-order valence-corrected chi connectivity index (χ3v) is 1.31. The molecule has 0 spiro atoms. The van der Waals surface area contributed by atoms with Crippen LogP contribution in [0.15, 0.2) is 12.1 Å². The summed E-state index contributed by atoms with van der Waals surface area (Å²) in [6.45, 7) is 2.76. The van der Waals surface area contributed by atoms with Crippen LogP contribution in [-0.4, -0.2) is 11.5 Å². The Balaban J connectivity index is 2.61. The molecule has 0 aromatic carbocycles. The van der Waals surface area contributed by atoms with Crippen molar-refractivity contribution in [3.8, 4) is 0 Å². The average molecular weight is 124 g/mol. The summed E-state index contributed by atoms with van der Waals surface area (Å²) in [5.74, 6) is 0. The number of nitrogens with two attached hydrogens (primary N) is 1. The molecule has 0 bridgehead atoms. The van der Waals surface area contributed by atoms with E-state index in [0.717, 1.165) is 13.0 Å². The van der Waals surface area contributed by atoms with E-state index in [2.05, 4.69) is 17.1 Å². The summed E-state index contributed by atoms with van der Waals surface area (Å²) in [5.41, 5.74) is 7.79. The largest absolute Gasteiger partial charge is 0.362 e. The van der Waals surface area contributed by atoms with Gasteiger partial charge in [-0.2, -0.15) is 0 Å². The molecule has 1 heterocycles. The fourth-order valence-corrected chi connectivity index (χ4v) is 0.864. The summed E-state index contributed by atoms with van der Waals surface area (Å²) >= 11 is 0. The van der Waals surface area contributed by atoms with Crippen LogP contribution in [0, 0.1) is 6.92 Å². The molecule has 0 aliphatic rings. The molecule has 0 saturated carbocycles. The molecule has 3 N–H and O–H groups in total. The molecular formula is C7H12N2. The molecule has 2 nitrogen and oxygen atoms in total. The second-order valence-corrected chi connectivity index (χ2v) is 2.21. The minimum atomic E-state index is 0.722. The second kappa shape index (κ2) is 2.69. The molecule has 0 aliphatic heterocycles. The number of aromatic amines is 1. The third kappa shape index (κ3) is 1.57. The van der Waals surface area contributed by atoms with Crippen molar-refractivity contribution in [2.45, 2.75) is 13.3 Å². The lowest BCUT2D eigenvalue weighted by atomic mass is 10.3. The molecule has 0 radical (unpaired) electrons. The smallest absolute Gasteiger partial charge is 0.0161 e. The predicted molar refractivity (Wildman–Crippen MR) is 38.3 cm³/mol. The summed E-state index contributed by atoms with van der Waals surface area (Å²) in [6, 6.07) is 4.13. The van der Waals surface area contributed by atoms with E-state index in [1.165, 1.54) is 11.4 Å². The Labute approximate surface area is 55.1 Å². The number of nitrogens with one attached hydrogen (secondary N) is 1. The lowest BCUT2D eigenvalue weighted by Crippen LogP contribution is -2.02. The van der Waals surface area contributed by atoms with Crippen LogP contribution in [-0.2, 0) is 6.42 Å². The highest BCUT2D eigenvalue weighted by atomic mass is 14.7. The summed E-state index contributed by atoms with van der Waals surface area (Å²) in [4.78, 5) is 3.20. The molecule has 0 unspecified atom stereocenters. The van der Waals surface area contributed by atoms with Crippen molar-refractivity contribution in [1.29, 1.82) is 0 Å². The van der Waals surface area contributed by atoms with Gasteiger partial charge in [-0.05, 0) is 32.0 Å². The molecule has 0 saturated heterocycles. The van der Waals surface area contributed by atoms with Gasteiger partial charge in [0.25, 0.3) is 0 Å². The first-order valence-corrected chi connectivity index (χ1v) is 3.17. The molecule has 1 aromatic heterocycles. The van der Waals surface area contributed by atoms with Gasteiger partial charge in [-0.3, -0.25) is 0 Å². The Morgan fingerprint density at radius 2 is 2.33 bits per heavy atom. The van der Waals surface area contributed by atoms with Crippen molar-refractivity contribution >= 4 is 0 Å². The highest BCUT2D eigenvalue weighted by Crippen LogP contribution is 1.99. The summed E-state index contributed by atoms with van der Waals surface area (Å²) in [6.07, 6.45) is 0.952. The normalized spacial score (nSPS) is 10.0. The van der Waals surface area contributed by atoms with Crippen molar-refractivity contribution in [2.75, 3.05) is 6.54 Å². The van der Waals surface area contributed by atoms with Crippen LogP contribution in [0.25, 0.3) is 0 Å². The number of H-pyrrole nitrogens is 1. The number of hydrogen-bond acceptors (Lipinski definition) is 1. The van der Waals surface area contributed by atoms with E-state index in [1.807, 2.05) is 6.92 Å². The van der Waals surface area contributed by atoms with Gasteiger partial charge in [0.2, 0.25) is 0 Å². The number of aromatic nitrogens is 1. The molecule has 50 valence electrons. The van der Waals surface area contributed by atoms with E-state index in [0.29, 0.717) is 0 Å². The maximum atomic E-state index is 5.35. The lowest BCUT2D eigenvalue weighted by molar-refractivity contribution is 0.929. The average Bonchev–Trinajstić information content (AvgIpc) is 2.17. The predicted octanol–water partition coefficient (Wildman–Crippen LogP) is 0.824. The van der Waals surface area contributed by atoms with Crippen molar-refractivity contribution in [3.05, 3.63) is 23.5 Å². The van der Waals surface area contributed by atoms with Gasteiger partial charge in [0.15, 0.2) is 0 Å². The monoisotopic (exact) mass is 124 g/mol. The summed E-state index contributed by atoms with van der Waals surface area (Å²) < 4.78 is 0. The maximum Gasteiger partial charge on any atom is 0.0161 e. The lowest BCUT2D eigenvalue weighted by Gasteiger charge is -1.89. The van der Waals surface area contributed by atoms with Gasteiger partial charge in [-0.1, -0.05) is 0 Å². The first kappa shape index (κ1) is 6.36. The van der Waals surface area contributed by atoms with Crippen LogP contribution < -0.4 is 5.73 Å². The molecule has 0 fully saturated rings. The van der Waals surface area contributed by atoms with Gasteiger partial charge in [0, 0.05) is 11.4 Å². The van der Waals surface area contributed by atoms with Crippen LogP contribution in [0.2, 0.25) is 0 Å². The summed E-state index contributed by atoms with van der Waals surface area (Å²) in [7, 11) is 0. The Morgan fingerprint density at radius 3 is 2.78 bits per heavy atom. The highest BCUT2D eigenvalue weighted by molar-refractivity contribution is 5.11. The fourth-order valence-electron chi connectivity index (χ4n) is 0.864. The van der Waals surface area contributed by atoms with E-state index < -0.39 is 0 Å². The van der Waals surface area contributed by atoms with Crippen molar-refractivity contribution in [3.63, 3.8) is 0 Å². The van der Waals surface area contributed by atoms with Gasteiger partial charge >= 0.3 is 0 Å². The molecular weight excluding hydrogens is 112 g/mol. The third-order valence-electron chi connectivity index (χ3n) is 1.31. The minimum Gasteiger partial charge on any atom is -0.362 e. The van der Waals surface area contributed by atoms with E-state index in [9.17, 15) is 0 Å². The maximum absolute atomic E-state index is 5.35. The van der Waals surface area contributed by atoms with Gasteiger partial charge in [0.05, 0.1) is 0 Å². The quantitative estimate of drug-likeness (QED) is 0.602. The topological polar surface area (TPSA) is 41.8 Å². The molecule has 0 amide bonds. The Morgan fingerprint density at radius 1 is 1.56 bits per heavy atom. The number of hydrogen-bond donors (Lipinski definition) is 2. The second-order valence-electron chi connectivity index (χ2n) is 2.21. The van der Waals surface area contributed by atoms with Gasteiger partial charge in [-0.15, -0.1) is 0 Å². The van der Waals surface area contributed by atoms with Gasteiger partial charge in [-0.25, -0.2) is 0 Å². The van der Waals surface area contributed by atoms with Crippen LogP contribution in [0.5, 0.6) is 0 Å². The Bertz CT molecular complexity index is 179. The van der Waals surface area contributed by atoms with Crippen LogP contribution in [0.3, 0.4) is 0 Å². The highest BCUT2D eigenvalue weighted by Gasteiger charge is 1.90. The zero-order valence-corrected chi connectivity index (χ0v) is 5.65. The van der Waals surface area contributed by atoms with E-state index in [-0.39, 0.29) is 0 Å². The first-order valence-electron chi connectivity index (χ1n) is 3.17. The molecule has 9 heavy (non-hydrogen) atoms. The molecule has 0 atom stereocenters. The number of rotatable bonds is 2. The standard InChI is InChI=1S/C7H12N2/c1-6-2-3-7(9-6)4-5-8/h2-3,9H,4-5,8H2,1H3. The van der Waals surface area contributed by atoms with Crippen molar-refractivity contribution < 1.29 is 0 Å². The van der Waals surface area contributed by atoms with E-state index >= 15 is 0 Å². The Hall–Kier alpha value is -0.760. The fraction of sp³-hybridized carbons (Fsp3) is 0.429. The number of aryl methyl sites for hydroxylation is 1. The van der Waals surface area contributed by atoms with Crippen molar-refractivity contribution in [1.82, 2.24) is 4.98 Å². The molecule has 2 heteroatoms. The first-order chi connectivity index (χ1) is 4.33. The van der Waals surface area contributed by atoms with Crippen LogP contribution in [0.1, 0.15) is 11.4 Å². The zero-order chi connectivity index (χ0) is 6.69. The zero-order valence-electron chi connectivity index (χ0n) is 5.65. The van der Waals surface area contributed by atoms with Crippen molar-refractivity contribution in [2.24, 2.45) is 5.73 Å². The molecule has 1 rings (SSSR count). The summed E-state index contributed by atoms with van der Waals surface area (Å²) in [5, 5.41) is 0. The molecule has 1 aromatic rings. The van der Waals surface area contributed by atoms with E-state index in [1.54, 1.807) is 0 Å². The van der Waals surface area contributed by atoms with Gasteiger partial charge < -0.3 is 10.7 Å². The van der Waals surface area contributed by atoms with Crippen LogP contribution in [0.4, 0.5) is 0 Å². The minimum absolute atomic E-state index is 0.722. The van der Waals surface area contributed by atoms with E-state index in [4.69, 9.17) is 5.73 Å².